The normalized spacial score (nSPS) is 27.0. The fourth-order valence-electron chi connectivity index (χ4n) is 4.17. The van der Waals surface area contributed by atoms with Crippen molar-refractivity contribution in [2.45, 2.75) is 59.8 Å². The Morgan fingerprint density at radius 1 is 1.15 bits per heavy atom. The Morgan fingerprint density at radius 2 is 1.85 bits per heavy atom. The molecule has 20 heavy (non-hydrogen) atoms. The van der Waals surface area contributed by atoms with Crippen LogP contribution in [0.25, 0.3) is 0 Å². The zero-order valence-electron chi connectivity index (χ0n) is 14.3. The molecule has 0 radical (unpaired) electrons. The van der Waals surface area contributed by atoms with Crippen LogP contribution in [-0.4, -0.2) is 37.6 Å². The standard InChI is InChI=1S/C18H36N2/c1-15(2)11-19-13-18(8-5-6-9-18)14-20-10-7-17(12-20)16(3)4/h15-17,19H,5-14H2,1-4H3. The van der Waals surface area contributed by atoms with Gasteiger partial charge in [0.15, 0.2) is 0 Å². The summed E-state index contributed by atoms with van der Waals surface area (Å²) in [5.74, 6) is 2.57. The van der Waals surface area contributed by atoms with Gasteiger partial charge in [0, 0.05) is 19.6 Å². The maximum Gasteiger partial charge on any atom is 0.00503 e. The first-order valence-corrected chi connectivity index (χ1v) is 8.94. The van der Waals surface area contributed by atoms with Crippen LogP contribution in [0.1, 0.15) is 59.8 Å². The van der Waals surface area contributed by atoms with Gasteiger partial charge in [-0.25, -0.2) is 0 Å². The molecule has 1 aliphatic heterocycles. The van der Waals surface area contributed by atoms with Gasteiger partial charge in [0.05, 0.1) is 0 Å². The van der Waals surface area contributed by atoms with Gasteiger partial charge in [-0.15, -0.1) is 0 Å². The van der Waals surface area contributed by atoms with E-state index in [0.29, 0.717) is 5.41 Å². The minimum absolute atomic E-state index is 0.584. The Kier molecular flexibility index (Phi) is 5.92. The van der Waals surface area contributed by atoms with Gasteiger partial charge in [-0.05, 0) is 55.5 Å². The van der Waals surface area contributed by atoms with Crippen LogP contribution in [0.2, 0.25) is 0 Å². The second-order valence-electron chi connectivity index (χ2n) is 8.26. The lowest BCUT2D eigenvalue weighted by atomic mass is 9.85. The smallest absolute Gasteiger partial charge is 0.00503 e. The highest BCUT2D eigenvalue weighted by atomic mass is 15.2. The molecular weight excluding hydrogens is 244 g/mol. The van der Waals surface area contributed by atoms with Crippen LogP contribution < -0.4 is 5.32 Å². The van der Waals surface area contributed by atoms with E-state index in [0.717, 1.165) is 17.8 Å². The van der Waals surface area contributed by atoms with Gasteiger partial charge in [-0.2, -0.15) is 0 Å². The van der Waals surface area contributed by atoms with Crippen molar-refractivity contribution >= 4 is 0 Å². The third-order valence-corrected chi connectivity index (χ3v) is 5.53. The first-order chi connectivity index (χ1) is 9.51. The van der Waals surface area contributed by atoms with Crippen LogP contribution in [0, 0.1) is 23.2 Å². The molecule has 1 heterocycles. The Bertz CT molecular complexity index is 279. The van der Waals surface area contributed by atoms with Gasteiger partial charge in [-0.1, -0.05) is 40.5 Å². The van der Waals surface area contributed by atoms with E-state index in [1.54, 1.807) is 0 Å². The average molecular weight is 280 g/mol. The Balaban J connectivity index is 1.83. The fraction of sp³-hybridized carbons (Fsp3) is 1.00. The number of hydrogen-bond donors (Lipinski definition) is 1. The molecule has 1 saturated heterocycles. The second-order valence-corrected chi connectivity index (χ2v) is 8.26. The number of nitrogens with one attached hydrogen (secondary N) is 1. The first kappa shape index (κ1) is 16.3. The van der Waals surface area contributed by atoms with Crippen LogP contribution in [0.4, 0.5) is 0 Å². The van der Waals surface area contributed by atoms with Crippen LogP contribution >= 0.6 is 0 Å². The summed E-state index contributed by atoms with van der Waals surface area (Å²) in [5, 5.41) is 3.75. The molecule has 2 fully saturated rings. The molecule has 0 aromatic heterocycles. The summed E-state index contributed by atoms with van der Waals surface area (Å²) in [7, 11) is 0. The minimum Gasteiger partial charge on any atom is -0.316 e. The van der Waals surface area contributed by atoms with E-state index in [4.69, 9.17) is 0 Å². The van der Waals surface area contributed by atoms with Gasteiger partial charge < -0.3 is 10.2 Å². The monoisotopic (exact) mass is 280 g/mol. The van der Waals surface area contributed by atoms with E-state index in [2.05, 4.69) is 37.9 Å². The number of hydrogen-bond acceptors (Lipinski definition) is 2. The van der Waals surface area contributed by atoms with E-state index < -0.39 is 0 Å². The molecule has 0 spiro atoms. The number of rotatable bonds is 7. The highest BCUT2D eigenvalue weighted by Crippen LogP contribution is 2.39. The van der Waals surface area contributed by atoms with Gasteiger partial charge in [0.2, 0.25) is 0 Å². The van der Waals surface area contributed by atoms with Crippen molar-refractivity contribution in [3.63, 3.8) is 0 Å². The molecule has 2 rings (SSSR count). The molecule has 2 aliphatic rings. The first-order valence-electron chi connectivity index (χ1n) is 8.94. The molecule has 1 unspecified atom stereocenters. The lowest BCUT2D eigenvalue weighted by molar-refractivity contribution is 0.164. The third-order valence-electron chi connectivity index (χ3n) is 5.53. The minimum atomic E-state index is 0.584. The molecule has 1 aliphatic carbocycles. The van der Waals surface area contributed by atoms with Crippen molar-refractivity contribution in [3.05, 3.63) is 0 Å². The van der Waals surface area contributed by atoms with E-state index >= 15 is 0 Å². The van der Waals surface area contributed by atoms with Crippen molar-refractivity contribution < 1.29 is 0 Å². The predicted molar refractivity (Wildman–Crippen MR) is 88.0 cm³/mol. The molecule has 2 nitrogen and oxygen atoms in total. The van der Waals surface area contributed by atoms with Gasteiger partial charge in [0.25, 0.3) is 0 Å². The molecule has 0 bridgehead atoms. The summed E-state index contributed by atoms with van der Waals surface area (Å²) in [4.78, 5) is 2.77. The quantitative estimate of drug-likeness (QED) is 0.763. The average Bonchev–Trinajstić information content (AvgIpc) is 2.99. The topological polar surface area (TPSA) is 15.3 Å². The Hall–Kier alpha value is -0.0800. The molecular formula is C18H36N2. The summed E-state index contributed by atoms with van der Waals surface area (Å²) in [6, 6.07) is 0. The van der Waals surface area contributed by atoms with E-state index in [1.807, 2.05) is 0 Å². The van der Waals surface area contributed by atoms with Crippen LogP contribution in [0.3, 0.4) is 0 Å². The number of nitrogens with zero attached hydrogens (tertiary/aromatic N) is 1. The van der Waals surface area contributed by atoms with Crippen LogP contribution in [-0.2, 0) is 0 Å². The van der Waals surface area contributed by atoms with Crippen molar-refractivity contribution in [1.29, 1.82) is 0 Å². The Labute approximate surface area is 126 Å². The van der Waals surface area contributed by atoms with E-state index in [9.17, 15) is 0 Å². The molecule has 1 saturated carbocycles. The highest BCUT2D eigenvalue weighted by Gasteiger charge is 2.37. The van der Waals surface area contributed by atoms with Crippen molar-refractivity contribution in [2.24, 2.45) is 23.2 Å². The third kappa shape index (κ3) is 4.46. The molecule has 118 valence electrons. The summed E-state index contributed by atoms with van der Waals surface area (Å²) < 4.78 is 0. The molecule has 1 N–H and O–H groups in total. The van der Waals surface area contributed by atoms with Gasteiger partial charge >= 0.3 is 0 Å². The van der Waals surface area contributed by atoms with Crippen molar-refractivity contribution in [3.8, 4) is 0 Å². The molecule has 2 heteroatoms. The van der Waals surface area contributed by atoms with E-state index in [-0.39, 0.29) is 0 Å². The van der Waals surface area contributed by atoms with Gasteiger partial charge in [0.1, 0.15) is 0 Å². The summed E-state index contributed by atoms with van der Waals surface area (Å²) in [5.41, 5.74) is 0.584. The summed E-state index contributed by atoms with van der Waals surface area (Å²) >= 11 is 0. The van der Waals surface area contributed by atoms with E-state index in [1.165, 1.54) is 64.8 Å². The van der Waals surface area contributed by atoms with Gasteiger partial charge in [-0.3, -0.25) is 0 Å². The molecule has 0 amide bonds. The van der Waals surface area contributed by atoms with Crippen LogP contribution in [0.15, 0.2) is 0 Å². The highest BCUT2D eigenvalue weighted by molar-refractivity contribution is 4.91. The zero-order valence-corrected chi connectivity index (χ0v) is 14.3. The molecule has 0 aromatic carbocycles. The van der Waals surface area contributed by atoms with Crippen LogP contribution in [0.5, 0.6) is 0 Å². The van der Waals surface area contributed by atoms with Crippen molar-refractivity contribution in [2.75, 3.05) is 32.7 Å². The lowest BCUT2D eigenvalue weighted by Gasteiger charge is -2.34. The molecule has 1 atom stereocenters. The predicted octanol–water partition coefficient (Wildman–Crippen LogP) is 3.77. The largest absolute Gasteiger partial charge is 0.316 e. The maximum atomic E-state index is 3.75. The maximum absolute atomic E-state index is 3.75. The Morgan fingerprint density at radius 3 is 2.40 bits per heavy atom. The van der Waals surface area contributed by atoms with Crippen molar-refractivity contribution in [1.82, 2.24) is 10.2 Å². The SMILES string of the molecule is CC(C)CNCC1(CN2CCC(C(C)C)C2)CCCC1. The lowest BCUT2D eigenvalue weighted by Crippen LogP contribution is -2.42. The molecule has 0 aromatic rings. The zero-order chi connectivity index (χ0) is 14.6. The summed E-state index contributed by atoms with van der Waals surface area (Å²) in [6.45, 7) is 15.9. The second kappa shape index (κ2) is 7.26. The summed E-state index contributed by atoms with van der Waals surface area (Å²) in [6.07, 6.45) is 7.21. The fourth-order valence-corrected chi connectivity index (χ4v) is 4.17. The number of likely N-dealkylation sites (tertiary alicyclic amines) is 1.